The molecule has 0 saturated carbocycles. The van der Waals surface area contributed by atoms with Crippen LogP contribution >= 0.6 is 11.8 Å². The molecule has 6 heteroatoms. The number of amides is 1. The van der Waals surface area contributed by atoms with Crippen LogP contribution in [0.4, 0.5) is 4.79 Å². The second-order valence-electron chi connectivity index (χ2n) is 5.89. The van der Waals surface area contributed by atoms with Crippen molar-refractivity contribution in [3.8, 4) is 0 Å². The smallest absolute Gasteiger partial charge is 0.327 e. The normalized spacial score (nSPS) is 20.7. The fraction of sp³-hybridized carbons (Fsp3) is 0.733. The summed E-state index contributed by atoms with van der Waals surface area (Å²) in [6, 6.07) is -0.180. The van der Waals surface area contributed by atoms with Crippen molar-refractivity contribution in [1.82, 2.24) is 9.64 Å². The SMILES string of the molecule is Cc1c(C2CCSCC2)c(=O)on1C(=O)N1CCCCC1. The lowest BCUT2D eigenvalue weighted by Crippen LogP contribution is -2.38. The zero-order chi connectivity index (χ0) is 14.8. The molecule has 1 aromatic rings. The van der Waals surface area contributed by atoms with Crippen molar-refractivity contribution in [3.63, 3.8) is 0 Å². The number of nitrogens with zero attached hydrogens (tertiary/aromatic N) is 2. The quantitative estimate of drug-likeness (QED) is 0.800. The van der Waals surface area contributed by atoms with E-state index in [1.165, 1.54) is 11.2 Å². The molecule has 0 aliphatic carbocycles. The summed E-state index contributed by atoms with van der Waals surface area (Å²) in [5.74, 6) is 2.40. The van der Waals surface area contributed by atoms with Gasteiger partial charge in [-0.3, -0.25) is 0 Å². The predicted octanol–water partition coefficient (Wildman–Crippen LogP) is 2.81. The number of carbonyl (C=O) groups excluding carboxylic acids is 1. The largest absolute Gasteiger partial charge is 0.362 e. The minimum absolute atomic E-state index is 0.180. The molecule has 0 unspecified atom stereocenters. The van der Waals surface area contributed by atoms with Gasteiger partial charge in [0.25, 0.3) is 0 Å². The molecular weight excluding hydrogens is 288 g/mol. The summed E-state index contributed by atoms with van der Waals surface area (Å²) in [4.78, 5) is 26.5. The molecule has 0 radical (unpaired) electrons. The number of carbonyl (C=O) groups is 1. The first kappa shape index (κ1) is 14.8. The van der Waals surface area contributed by atoms with E-state index in [1.54, 1.807) is 4.90 Å². The Morgan fingerprint density at radius 1 is 1.19 bits per heavy atom. The van der Waals surface area contributed by atoms with Crippen LogP contribution in [0.1, 0.15) is 49.3 Å². The van der Waals surface area contributed by atoms with Gasteiger partial charge >= 0.3 is 11.7 Å². The number of hydrogen-bond donors (Lipinski definition) is 0. The number of hydrogen-bond acceptors (Lipinski definition) is 4. The highest BCUT2D eigenvalue weighted by atomic mass is 32.2. The molecule has 0 aromatic carbocycles. The summed E-state index contributed by atoms with van der Waals surface area (Å²) in [6.45, 7) is 3.36. The van der Waals surface area contributed by atoms with Crippen molar-refractivity contribution in [2.45, 2.75) is 44.9 Å². The van der Waals surface area contributed by atoms with Gasteiger partial charge in [-0.1, -0.05) is 0 Å². The first-order chi connectivity index (χ1) is 10.2. The molecule has 21 heavy (non-hydrogen) atoms. The van der Waals surface area contributed by atoms with Gasteiger partial charge in [-0.25, -0.2) is 9.59 Å². The number of thioether (sulfide) groups is 1. The van der Waals surface area contributed by atoms with Crippen molar-refractivity contribution < 1.29 is 9.32 Å². The van der Waals surface area contributed by atoms with Crippen molar-refractivity contribution in [1.29, 1.82) is 0 Å². The third-order valence-corrected chi connectivity index (χ3v) is 5.57. The van der Waals surface area contributed by atoms with Crippen LogP contribution in [-0.2, 0) is 0 Å². The van der Waals surface area contributed by atoms with Gasteiger partial charge in [-0.2, -0.15) is 11.8 Å². The average Bonchev–Trinajstić information content (AvgIpc) is 2.83. The lowest BCUT2D eigenvalue weighted by Gasteiger charge is -2.26. The molecule has 0 N–H and O–H groups in total. The Labute approximate surface area is 128 Å². The van der Waals surface area contributed by atoms with Gasteiger partial charge < -0.3 is 9.42 Å². The molecule has 2 saturated heterocycles. The maximum atomic E-state index is 12.5. The van der Waals surface area contributed by atoms with E-state index in [-0.39, 0.29) is 17.6 Å². The lowest BCUT2D eigenvalue weighted by molar-refractivity contribution is 0.155. The molecule has 3 heterocycles. The fourth-order valence-corrected chi connectivity index (χ4v) is 4.41. The van der Waals surface area contributed by atoms with E-state index in [4.69, 9.17) is 4.52 Å². The van der Waals surface area contributed by atoms with Crippen LogP contribution in [0.5, 0.6) is 0 Å². The van der Waals surface area contributed by atoms with E-state index in [0.717, 1.165) is 55.8 Å². The summed E-state index contributed by atoms with van der Waals surface area (Å²) in [5, 5.41) is 0. The number of rotatable bonds is 1. The van der Waals surface area contributed by atoms with Gasteiger partial charge in [0.1, 0.15) is 0 Å². The van der Waals surface area contributed by atoms with Crippen molar-refractivity contribution in [2.24, 2.45) is 0 Å². The zero-order valence-electron chi connectivity index (χ0n) is 12.5. The molecule has 2 fully saturated rings. The minimum Gasteiger partial charge on any atom is -0.327 e. The fourth-order valence-electron chi connectivity index (χ4n) is 3.30. The highest BCUT2D eigenvalue weighted by molar-refractivity contribution is 7.99. The second kappa shape index (κ2) is 6.30. The highest BCUT2D eigenvalue weighted by Gasteiger charge is 2.29. The van der Waals surface area contributed by atoms with Crippen LogP contribution < -0.4 is 5.63 Å². The van der Waals surface area contributed by atoms with E-state index in [9.17, 15) is 9.59 Å². The van der Waals surface area contributed by atoms with Crippen LogP contribution in [0, 0.1) is 6.92 Å². The van der Waals surface area contributed by atoms with Crippen LogP contribution in [0.25, 0.3) is 0 Å². The topological polar surface area (TPSA) is 55.5 Å². The molecule has 116 valence electrons. The number of likely N-dealkylation sites (tertiary alicyclic amines) is 1. The van der Waals surface area contributed by atoms with Gasteiger partial charge in [0.05, 0.1) is 11.3 Å². The Bertz CT molecular complexity index is 566. The van der Waals surface area contributed by atoms with E-state index in [0.29, 0.717) is 5.69 Å². The third-order valence-electron chi connectivity index (χ3n) is 4.52. The van der Waals surface area contributed by atoms with Gasteiger partial charge in [-0.15, -0.1) is 4.74 Å². The summed E-state index contributed by atoms with van der Waals surface area (Å²) in [6.07, 6.45) is 5.23. The summed E-state index contributed by atoms with van der Waals surface area (Å²) in [5.41, 5.74) is 1.10. The van der Waals surface area contributed by atoms with E-state index in [1.807, 2.05) is 18.7 Å². The van der Waals surface area contributed by atoms with Gasteiger partial charge in [0.2, 0.25) is 0 Å². The molecule has 0 bridgehead atoms. The molecule has 1 aromatic heterocycles. The van der Waals surface area contributed by atoms with Crippen LogP contribution in [0.2, 0.25) is 0 Å². The Hall–Kier alpha value is -1.17. The lowest BCUT2D eigenvalue weighted by atomic mass is 9.94. The molecule has 3 rings (SSSR count). The summed E-state index contributed by atoms with van der Waals surface area (Å²) >= 11 is 1.93. The van der Waals surface area contributed by atoms with Gasteiger partial charge in [0, 0.05) is 13.1 Å². The molecular formula is C15H22N2O3S. The Morgan fingerprint density at radius 2 is 1.86 bits per heavy atom. The summed E-state index contributed by atoms with van der Waals surface area (Å²) < 4.78 is 6.50. The maximum Gasteiger partial charge on any atom is 0.362 e. The Morgan fingerprint density at radius 3 is 2.52 bits per heavy atom. The molecule has 0 spiro atoms. The minimum atomic E-state index is -0.324. The molecule has 2 aliphatic rings. The predicted molar refractivity (Wildman–Crippen MR) is 83.2 cm³/mol. The third kappa shape index (κ3) is 2.91. The first-order valence-corrected chi connectivity index (χ1v) is 8.94. The van der Waals surface area contributed by atoms with Crippen LogP contribution in [-0.4, -0.2) is 40.3 Å². The molecule has 0 atom stereocenters. The first-order valence-electron chi connectivity index (χ1n) is 7.78. The van der Waals surface area contributed by atoms with Gasteiger partial charge in [-0.05, 0) is 56.5 Å². The van der Waals surface area contributed by atoms with Crippen LogP contribution in [0.15, 0.2) is 9.32 Å². The standard InChI is InChI=1S/C15H22N2O3S/c1-11-13(12-5-9-21-10-6-12)14(18)20-17(11)15(19)16-7-3-2-4-8-16/h12H,2-10H2,1H3. The van der Waals surface area contributed by atoms with Crippen molar-refractivity contribution >= 4 is 17.8 Å². The second-order valence-corrected chi connectivity index (χ2v) is 7.11. The van der Waals surface area contributed by atoms with Crippen LogP contribution in [0.3, 0.4) is 0 Å². The number of aromatic nitrogens is 1. The van der Waals surface area contributed by atoms with E-state index in [2.05, 4.69) is 0 Å². The maximum absolute atomic E-state index is 12.5. The molecule has 1 amide bonds. The van der Waals surface area contributed by atoms with E-state index >= 15 is 0 Å². The Kier molecular flexibility index (Phi) is 4.42. The summed E-state index contributed by atoms with van der Waals surface area (Å²) in [7, 11) is 0. The highest BCUT2D eigenvalue weighted by Crippen LogP contribution is 2.31. The molecule has 2 aliphatic heterocycles. The van der Waals surface area contributed by atoms with Crippen molar-refractivity contribution in [2.75, 3.05) is 24.6 Å². The Balaban J connectivity index is 1.86. The van der Waals surface area contributed by atoms with Gasteiger partial charge in [0.15, 0.2) is 0 Å². The monoisotopic (exact) mass is 310 g/mol. The van der Waals surface area contributed by atoms with E-state index < -0.39 is 0 Å². The molecule has 5 nitrogen and oxygen atoms in total. The average molecular weight is 310 g/mol. The number of piperidine rings is 1. The van der Waals surface area contributed by atoms with Crippen molar-refractivity contribution in [3.05, 3.63) is 21.7 Å². The zero-order valence-corrected chi connectivity index (χ0v) is 13.3.